The number of aromatic amines is 1. The molecule has 5 nitrogen and oxygen atoms in total. The summed E-state index contributed by atoms with van der Waals surface area (Å²) in [6.07, 6.45) is 3.11. The van der Waals surface area contributed by atoms with Crippen molar-refractivity contribution in [3.8, 4) is 5.69 Å². The smallest absolute Gasteiger partial charge is 0.199 e. The van der Waals surface area contributed by atoms with Crippen molar-refractivity contribution in [3.63, 3.8) is 0 Å². The minimum absolute atomic E-state index is 0.408. The van der Waals surface area contributed by atoms with E-state index in [0.29, 0.717) is 16.6 Å². The Morgan fingerprint density at radius 3 is 2.57 bits per heavy atom. The van der Waals surface area contributed by atoms with Gasteiger partial charge in [-0.3, -0.25) is 14.3 Å². The van der Waals surface area contributed by atoms with Gasteiger partial charge in [0.25, 0.3) is 0 Å². The SMILES string of the molecule is Cc1ccc([C@H]2C[C@@H]2c2n[nH]c(=S)n2-c2cn(C)nc2C)cc1. The van der Waals surface area contributed by atoms with Gasteiger partial charge in [0.05, 0.1) is 11.4 Å². The molecule has 1 aliphatic rings. The number of aryl methyl sites for hydroxylation is 3. The van der Waals surface area contributed by atoms with Crippen LogP contribution in [0, 0.1) is 18.6 Å². The molecule has 2 atom stereocenters. The molecule has 0 spiro atoms. The molecule has 118 valence electrons. The van der Waals surface area contributed by atoms with E-state index in [1.165, 1.54) is 11.1 Å². The van der Waals surface area contributed by atoms with Gasteiger partial charge in [0.1, 0.15) is 5.82 Å². The van der Waals surface area contributed by atoms with Crippen LogP contribution < -0.4 is 0 Å². The lowest BCUT2D eigenvalue weighted by Crippen LogP contribution is -2.01. The van der Waals surface area contributed by atoms with Crippen LogP contribution in [0.4, 0.5) is 0 Å². The van der Waals surface area contributed by atoms with Crippen LogP contribution in [-0.2, 0) is 7.05 Å². The van der Waals surface area contributed by atoms with Crippen molar-refractivity contribution >= 4 is 12.2 Å². The maximum atomic E-state index is 5.45. The molecule has 3 aromatic rings. The van der Waals surface area contributed by atoms with Gasteiger partial charge in [-0.25, -0.2) is 0 Å². The van der Waals surface area contributed by atoms with Crippen LogP contribution in [0.2, 0.25) is 0 Å². The molecule has 4 rings (SSSR count). The van der Waals surface area contributed by atoms with E-state index in [-0.39, 0.29) is 0 Å². The van der Waals surface area contributed by atoms with E-state index in [4.69, 9.17) is 12.2 Å². The molecule has 1 aliphatic carbocycles. The second-order valence-corrected chi connectivity index (χ2v) is 6.74. The predicted molar refractivity (Wildman–Crippen MR) is 91.5 cm³/mol. The molecule has 0 saturated heterocycles. The van der Waals surface area contributed by atoms with Gasteiger partial charge in [-0.05, 0) is 44.0 Å². The molecule has 0 aliphatic heterocycles. The summed E-state index contributed by atoms with van der Waals surface area (Å²) in [4.78, 5) is 0. The number of hydrogen-bond donors (Lipinski definition) is 1. The van der Waals surface area contributed by atoms with Crippen LogP contribution in [-0.4, -0.2) is 24.5 Å². The maximum absolute atomic E-state index is 5.45. The van der Waals surface area contributed by atoms with Crippen molar-refractivity contribution in [3.05, 3.63) is 57.9 Å². The Hall–Kier alpha value is -2.21. The normalized spacial score (nSPS) is 20.0. The number of rotatable bonds is 3. The number of hydrogen-bond acceptors (Lipinski definition) is 3. The highest BCUT2D eigenvalue weighted by Gasteiger charge is 2.43. The van der Waals surface area contributed by atoms with Crippen LogP contribution in [0.15, 0.2) is 30.5 Å². The van der Waals surface area contributed by atoms with Crippen molar-refractivity contribution in [2.45, 2.75) is 32.1 Å². The zero-order chi connectivity index (χ0) is 16.1. The molecule has 1 N–H and O–H groups in total. The molecular weight excluding hydrogens is 306 g/mol. The molecule has 0 amide bonds. The first kappa shape index (κ1) is 14.4. The first-order chi connectivity index (χ1) is 11.0. The first-order valence-corrected chi connectivity index (χ1v) is 8.20. The van der Waals surface area contributed by atoms with Crippen molar-refractivity contribution in [2.24, 2.45) is 7.05 Å². The Balaban J connectivity index is 1.71. The maximum Gasteiger partial charge on any atom is 0.199 e. The van der Waals surface area contributed by atoms with E-state index >= 15 is 0 Å². The van der Waals surface area contributed by atoms with E-state index in [2.05, 4.69) is 46.5 Å². The average molecular weight is 325 g/mol. The van der Waals surface area contributed by atoms with E-state index in [1.54, 1.807) is 0 Å². The molecule has 2 aromatic heterocycles. The van der Waals surface area contributed by atoms with Crippen LogP contribution in [0.3, 0.4) is 0 Å². The Bertz CT molecular complexity index is 915. The van der Waals surface area contributed by atoms with Gasteiger partial charge >= 0.3 is 0 Å². The molecule has 23 heavy (non-hydrogen) atoms. The summed E-state index contributed by atoms with van der Waals surface area (Å²) in [7, 11) is 1.92. The van der Waals surface area contributed by atoms with Crippen LogP contribution in [0.5, 0.6) is 0 Å². The molecule has 1 fully saturated rings. The fraction of sp³-hybridized carbons (Fsp3) is 0.353. The van der Waals surface area contributed by atoms with Crippen molar-refractivity contribution in [1.29, 1.82) is 0 Å². The average Bonchev–Trinajstić information content (AvgIpc) is 3.11. The van der Waals surface area contributed by atoms with E-state index in [9.17, 15) is 0 Å². The molecule has 0 unspecified atom stereocenters. The summed E-state index contributed by atoms with van der Waals surface area (Å²) in [5.74, 6) is 1.94. The Morgan fingerprint density at radius 2 is 1.91 bits per heavy atom. The predicted octanol–water partition coefficient (Wildman–Crippen LogP) is 3.55. The second kappa shape index (κ2) is 5.16. The fourth-order valence-electron chi connectivity index (χ4n) is 3.26. The van der Waals surface area contributed by atoms with E-state index in [1.807, 2.05) is 29.4 Å². The summed E-state index contributed by atoms with van der Waals surface area (Å²) < 4.78 is 4.48. The van der Waals surface area contributed by atoms with Gasteiger partial charge in [0.15, 0.2) is 4.77 Å². The van der Waals surface area contributed by atoms with Gasteiger partial charge in [-0.1, -0.05) is 29.8 Å². The number of H-pyrrole nitrogens is 1. The number of nitrogens with one attached hydrogen (secondary N) is 1. The third kappa shape index (κ3) is 2.43. The molecule has 1 saturated carbocycles. The lowest BCUT2D eigenvalue weighted by Gasteiger charge is -2.05. The molecule has 1 aromatic carbocycles. The van der Waals surface area contributed by atoms with Gasteiger partial charge < -0.3 is 0 Å². The molecular formula is C17H19N5S. The quantitative estimate of drug-likeness (QED) is 0.749. The molecule has 0 bridgehead atoms. The van der Waals surface area contributed by atoms with E-state index < -0.39 is 0 Å². The minimum Gasteiger partial charge on any atom is -0.273 e. The van der Waals surface area contributed by atoms with Crippen LogP contribution >= 0.6 is 12.2 Å². The third-order valence-electron chi connectivity index (χ3n) is 4.55. The summed E-state index contributed by atoms with van der Waals surface area (Å²) in [5, 5.41) is 11.9. The van der Waals surface area contributed by atoms with Crippen molar-refractivity contribution in [2.75, 3.05) is 0 Å². The van der Waals surface area contributed by atoms with Crippen LogP contribution in [0.25, 0.3) is 5.69 Å². The minimum atomic E-state index is 0.408. The highest BCUT2D eigenvalue weighted by molar-refractivity contribution is 7.71. The van der Waals surface area contributed by atoms with Gasteiger partial charge in [-0.15, -0.1) is 0 Å². The first-order valence-electron chi connectivity index (χ1n) is 7.79. The Kier molecular flexibility index (Phi) is 3.23. The summed E-state index contributed by atoms with van der Waals surface area (Å²) in [5.41, 5.74) is 4.64. The number of benzene rings is 1. The lowest BCUT2D eigenvalue weighted by molar-refractivity contribution is 0.756. The van der Waals surface area contributed by atoms with Crippen LogP contribution in [0.1, 0.15) is 40.9 Å². The molecule has 0 radical (unpaired) electrons. The number of nitrogens with zero attached hydrogens (tertiary/aromatic N) is 4. The van der Waals surface area contributed by atoms with Crippen molar-refractivity contribution < 1.29 is 0 Å². The lowest BCUT2D eigenvalue weighted by atomic mass is 10.1. The summed E-state index contributed by atoms with van der Waals surface area (Å²) in [6, 6.07) is 8.79. The molecule has 2 heterocycles. The standard InChI is InChI=1S/C17H19N5S/c1-10-4-6-12(7-5-10)13-8-14(13)16-18-19-17(23)22(16)15-9-21(3)20-11(15)2/h4-7,9,13-14H,8H2,1-3H3,(H,19,23)/t13-,14+/m1/s1. The Labute approximate surface area is 140 Å². The summed E-state index contributed by atoms with van der Waals surface area (Å²) >= 11 is 5.45. The van der Waals surface area contributed by atoms with Gasteiger partial charge in [-0.2, -0.15) is 10.2 Å². The third-order valence-corrected chi connectivity index (χ3v) is 4.83. The zero-order valence-corrected chi connectivity index (χ0v) is 14.3. The number of aromatic nitrogens is 5. The topological polar surface area (TPSA) is 51.4 Å². The Morgan fingerprint density at radius 1 is 1.17 bits per heavy atom. The van der Waals surface area contributed by atoms with Gasteiger partial charge in [0.2, 0.25) is 0 Å². The van der Waals surface area contributed by atoms with Gasteiger partial charge in [0, 0.05) is 19.2 Å². The largest absolute Gasteiger partial charge is 0.273 e. The second-order valence-electron chi connectivity index (χ2n) is 6.36. The summed E-state index contributed by atoms with van der Waals surface area (Å²) in [6.45, 7) is 4.11. The zero-order valence-electron chi connectivity index (χ0n) is 13.4. The van der Waals surface area contributed by atoms with Crippen molar-refractivity contribution in [1.82, 2.24) is 24.5 Å². The fourth-order valence-corrected chi connectivity index (χ4v) is 3.50. The monoisotopic (exact) mass is 325 g/mol. The molecule has 6 heteroatoms. The highest BCUT2D eigenvalue weighted by atomic mass is 32.1. The van der Waals surface area contributed by atoms with E-state index in [0.717, 1.165) is 23.6 Å². The highest BCUT2D eigenvalue weighted by Crippen LogP contribution is 2.54.